The van der Waals surface area contributed by atoms with E-state index in [1.54, 1.807) is 11.6 Å². The third-order valence-corrected chi connectivity index (χ3v) is 11.5. The predicted molar refractivity (Wildman–Crippen MR) is 135 cm³/mol. The molecule has 1 aromatic heterocycles. The van der Waals surface area contributed by atoms with Gasteiger partial charge in [-0.1, -0.05) is 12.8 Å². The van der Waals surface area contributed by atoms with E-state index in [4.69, 9.17) is 4.74 Å². The van der Waals surface area contributed by atoms with E-state index in [2.05, 4.69) is 5.10 Å². The molecule has 1 heterocycles. The summed E-state index contributed by atoms with van der Waals surface area (Å²) in [4.78, 5) is 10.4. The van der Waals surface area contributed by atoms with Crippen LogP contribution in [-0.2, 0) is 48.5 Å². The number of halogens is 3. The summed E-state index contributed by atoms with van der Waals surface area (Å²) < 4.78 is 103. The Morgan fingerprint density at radius 1 is 1.08 bits per heavy atom. The summed E-state index contributed by atoms with van der Waals surface area (Å²) in [6.45, 7) is 2.19. The molecule has 0 bridgehead atoms. The van der Waals surface area contributed by atoms with E-state index in [-0.39, 0.29) is 25.5 Å². The number of aryl methyl sites for hydroxylation is 1. The Labute approximate surface area is 226 Å². The van der Waals surface area contributed by atoms with E-state index in [0.717, 1.165) is 16.1 Å². The van der Waals surface area contributed by atoms with Gasteiger partial charge in [-0.15, -0.1) is 0 Å². The first-order chi connectivity index (χ1) is 18.3. The van der Waals surface area contributed by atoms with Gasteiger partial charge >= 0.3 is 12.1 Å². The molecule has 9 nitrogen and oxygen atoms in total. The molecule has 2 aliphatic carbocycles. The second kappa shape index (κ2) is 11.2. The Kier molecular flexibility index (Phi) is 8.48. The zero-order valence-electron chi connectivity index (χ0n) is 21.8. The number of esters is 1. The van der Waals surface area contributed by atoms with Crippen molar-refractivity contribution >= 4 is 25.8 Å². The average molecular weight is 592 g/mol. The summed E-state index contributed by atoms with van der Waals surface area (Å²) in [5.41, 5.74) is 0.0118. The largest absolute Gasteiger partial charge is 0.466 e. The molecule has 0 amide bonds. The van der Waals surface area contributed by atoms with Crippen molar-refractivity contribution in [2.75, 3.05) is 13.7 Å². The fourth-order valence-electron chi connectivity index (χ4n) is 5.37. The van der Waals surface area contributed by atoms with Crippen LogP contribution in [0.3, 0.4) is 0 Å². The molecule has 2 aliphatic rings. The maximum atomic E-state index is 13.8. The number of sulfonamides is 1. The van der Waals surface area contributed by atoms with Crippen LogP contribution in [0.2, 0.25) is 0 Å². The number of alkyl halides is 3. The molecule has 2 aromatic rings. The Hall–Kier alpha value is -2.45. The summed E-state index contributed by atoms with van der Waals surface area (Å²) in [6.07, 6.45) is 0.185. The van der Waals surface area contributed by atoms with Gasteiger partial charge < -0.3 is 4.74 Å². The van der Waals surface area contributed by atoms with Crippen LogP contribution in [0.25, 0.3) is 0 Å². The molecule has 1 aromatic carbocycles. The van der Waals surface area contributed by atoms with Gasteiger partial charge in [-0.05, 0) is 57.2 Å². The van der Waals surface area contributed by atoms with Gasteiger partial charge in [-0.25, -0.2) is 16.8 Å². The van der Waals surface area contributed by atoms with E-state index in [1.165, 1.54) is 13.2 Å². The molecule has 0 radical (unpaired) electrons. The molecule has 14 heteroatoms. The maximum absolute atomic E-state index is 13.8. The van der Waals surface area contributed by atoms with Crippen LogP contribution in [0.5, 0.6) is 0 Å². The fraction of sp³-hybridized carbons (Fsp3) is 0.600. The van der Waals surface area contributed by atoms with Gasteiger partial charge in [0.25, 0.3) is 0 Å². The molecule has 0 N–H and O–H groups in total. The van der Waals surface area contributed by atoms with Crippen molar-refractivity contribution in [1.29, 1.82) is 0 Å². The molecule has 0 unspecified atom stereocenters. The van der Waals surface area contributed by atoms with Crippen LogP contribution in [0, 0.1) is 0 Å². The number of hydrogen-bond donors (Lipinski definition) is 0. The molecule has 4 rings (SSSR count). The monoisotopic (exact) mass is 591 g/mol. The highest BCUT2D eigenvalue weighted by molar-refractivity contribution is 7.92. The molecule has 0 spiro atoms. The molecule has 39 heavy (non-hydrogen) atoms. The summed E-state index contributed by atoms with van der Waals surface area (Å²) in [5.74, 6) is -0.387. The third-order valence-electron chi connectivity index (χ3n) is 7.46. The summed E-state index contributed by atoms with van der Waals surface area (Å²) >= 11 is 0. The van der Waals surface area contributed by atoms with E-state index in [9.17, 15) is 34.8 Å². The minimum absolute atomic E-state index is 0.0866. The van der Waals surface area contributed by atoms with E-state index in [0.29, 0.717) is 62.6 Å². The van der Waals surface area contributed by atoms with Gasteiger partial charge in [-0.3, -0.25) is 9.48 Å². The van der Waals surface area contributed by atoms with Crippen LogP contribution in [0.1, 0.15) is 74.7 Å². The molecule has 1 fully saturated rings. The van der Waals surface area contributed by atoms with Crippen molar-refractivity contribution in [2.24, 2.45) is 0 Å². The highest BCUT2D eigenvalue weighted by Crippen LogP contribution is 2.40. The standard InChI is InChI=1S/C25H32F3N3O6S2/c1-3-37-24(32)11-12-31-23-10-6-9-22(21(23)16-29-31)30(2)39(35,36)20-14-17(25(26,27)28)13-19(15-20)38(33,34)18-7-4-5-8-18/h13-16,18,22H,3-12H2,1-2H3/t22-/m1/s1. The normalized spacial score (nSPS) is 18.9. The number of fused-ring (bicyclic) bond motifs is 1. The Bertz CT molecular complexity index is 1430. The second-order valence-electron chi connectivity index (χ2n) is 9.90. The molecular formula is C25H32F3N3O6S2. The van der Waals surface area contributed by atoms with Crippen molar-refractivity contribution in [3.05, 3.63) is 41.2 Å². The van der Waals surface area contributed by atoms with Gasteiger partial charge in [0, 0.05) is 18.3 Å². The number of rotatable bonds is 9. The lowest BCUT2D eigenvalue weighted by atomic mass is 9.93. The lowest BCUT2D eigenvalue weighted by Crippen LogP contribution is -2.34. The summed E-state index contributed by atoms with van der Waals surface area (Å²) in [5, 5.41) is 3.48. The quantitative estimate of drug-likeness (QED) is 0.400. The number of benzene rings is 1. The molecule has 0 aliphatic heterocycles. The molecule has 1 saturated carbocycles. The van der Waals surface area contributed by atoms with Crippen molar-refractivity contribution in [1.82, 2.24) is 14.1 Å². The van der Waals surface area contributed by atoms with Gasteiger partial charge in [0.2, 0.25) is 10.0 Å². The SMILES string of the molecule is CCOC(=O)CCn1ncc2c1CCC[C@H]2N(C)S(=O)(=O)c1cc(C(F)(F)F)cc(S(=O)(=O)C2CCCC2)c1. The lowest BCUT2D eigenvalue weighted by Gasteiger charge is -2.31. The van der Waals surface area contributed by atoms with Crippen molar-refractivity contribution < 1.29 is 39.5 Å². The Balaban J connectivity index is 1.69. The molecule has 216 valence electrons. The zero-order valence-corrected chi connectivity index (χ0v) is 23.4. The predicted octanol–water partition coefficient (Wildman–Crippen LogP) is 4.27. The fourth-order valence-corrected chi connectivity index (χ4v) is 8.80. The van der Waals surface area contributed by atoms with Crippen LogP contribution >= 0.6 is 0 Å². The maximum Gasteiger partial charge on any atom is 0.416 e. The molecule has 0 saturated heterocycles. The Morgan fingerprint density at radius 2 is 1.74 bits per heavy atom. The summed E-state index contributed by atoms with van der Waals surface area (Å²) in [7, 11) is -7.41. The van der Waals surface area contributed by atoms with Crippen LogP contribution < -0.4 is 0 Å². The summed E-state index contributed by atoms with van der Waals surface area (Å²) in [6, 6.07) is 1.14. The number of hydrogen-bond acceptors (Lipinski definition) is 7. The third kappa shape index (κ3) is 6.02. The van der Waals surface area contributed by atoms with Crippen molar-refractivity contribution in [3.8, 4) is 0 Å². The van der Waals surface area contributed by atoms with Crippen LogP contribution in [-0.4, -0.2) is 55.8 Å². The number of ether oxygens (including phenoxy) is 1. The smallest absolute Gasteiger partial charge is 0.416 e. The highest BCUT2D eigenvalue weighted by atomic mass is 32.2. The minimum atomic E-state index is -4.94. The average Bonchev–Trinajstić information content (AvgIpc) is 3.57. The van der Waals surface area contributed by atoms with Crippen molar-refractivity contribution in [2.45, 2.75) is 92.1 Å². The number of carbonyl (C=O) groups is 1. The Morgan fingerprint density at radius 3 is 2.38 bits per heavy atom. The molecule has 1 atom stereocenters. The van der Waals surface area contributed by atoms with Gasteiger partial charge in [0.15, 0.2) is 9.84 Å². The second-order valence-corrected chi connectivity index (χ2v) is 14.1. The van der Waals surface area contributed by atoms with Gasteiger partial charge in [0.1, 0.15) is 0 Å². The minimum Gasteiger partial charge on any atom is -0.466 e. The topological polar surface area (TPSA) is 116 Å². The number of carbonyl (C=O) groups excluding carboxylic acids is 1. The first kappa shape index (κ1) is 29.5. The first-order valence-corrected chi connectivity index (χ1v) is 15.9. The van der Waals surface area contributed by atoms with Crippen LogP contribution in [0.15, 0.2) is 34.2 Å². The van der Waals surface area contributed by atoms with Crippen LogP contribution in [0.4, 0.5) is 13.2 Å². The first-order valence-electron chi connectivity index (χ1n) is 12.9. The van der Waals surface area contributed by atoms with Gasteiger partial charge in [0.05, 0.1) is 52.4 Å². The molecular weight excluding hydrogens is 559 g/mol. The number of sulfone groups is 1. The van der Waals surface area contributed by atoms with E-state index < -0.39 is 52.7 Å². The van der Waals surface area contributed by atoms with E-state index in [1.807, 2.05) is 0 Å². The van der Waals surface area contributed by atoms with E-state index >= 15 is 0 Å². The van der Waals surface area contributed by atoms with Crippen molar-refractivity contribution in [3.63, 3.8) is 0 Å². The lowest BCUT2D eigenvalue weighted by molar-refractivity contribution is -0.143. The zero-order chi connectivity index (χ0) is 28.6. The number of aromatic nitrogens is 2. The highest BCUT2D eigenvalue weighted by Gasteiger charge is 2.39. The van der Waals surface area contributed by atoms with Gasteiger partial charge in [-0.2, -0.15) is 22.6 Å². The number of nitrogens with zero attached hydrogens (tertiary/aromatic N) is 3.